The summed E-state index contributed by atoms with van der Waals surface area (Å²) in [5.41, 5.74) is 1.000. The number of nitriles is 1. The minimum Gasteiger partial charge on any atom is -0.274 e. The van der Waals surface area contributed by atoms with Crippen molar-refractivity contribution in [2.24, 2.45) is 4.99 Å². The first-order valence-electron chi connectivity index (χ1n) is 7.67. The highest BCUT2D eigenvalue weighted by Crippen LogP contribution is 2.34. The van der Waals surface area contributed by atoms with Gasteiger partial charge in [0.1, 0.15) is 5.25 Å². The van der Waals surface area contributed by atoms with Crippen LogP contribution in [0.25, 0.3) is 0 Å². The van der Waals surface area contributed by atoms with Crippen LogP contribution in [0.15, 0.2) is 59.6 Å². The Bertz CT molecular complexity index is 911. The zero-order valence-corrected chi connectivity index (χ0v) is 15.0. The van der Waals surface area contributed by atoms with Crippen LogP contribution in [0.3, 0.4) is 0 Å². The standard InChI is InChI=1S/C18H13ClN4O2S/c19-13-8-4-5-9-14(13)23-16(24)10-15(17(23)25)26-18(21-11-20)22-12-6-2-1-3-7-12/h1-9,15H,10H2,(H,21,22)/t15-/m1/s1. The summed E-state index contributed by atoms with van der Waals surface area (Å²) in [6.07, 6.45) is 1.82. The number of carbonyl (C=O) groups excluding carboxylic acids is 2. The fraction of sp³-hybridized carbons (Fsp3) is 0.111. The average Bonchev–Trinajstić information content (AvgIpc) is 2.90. The number of hydrogen-bond acceptors (Lipinski definition) is 5. The molecule has 0 bridgehead atoms. The Hall–Kier alpha value is -2.82. The highest BCUT2D eigenvalue weighted by atomic mass is 35.5. The van der Waals surface area contributed by atoms with Crippen molar-refractivity contribution in [2.45, 2.75) is 11.7 Å². The Morgan fingerprint density at radius 3 is 2.58 bits per heavy atom. The molecule has 0 saturated carbocycles. The molecule has 1 aliphatic rings. The van der Waals surface area contributed by atoms with E-state index in [1.165, 1.54) is 0 Å². The van der Waals surface area contributed by atoms with Crippen LogP contribution in [0.1, 0.15) is 6.42 Å². The number of amidine groups is 1. The van der Waals surface area contributed by atoms with Gasteiger partial charge in [-0.3, -0.25) is 14.9 Å². The minimum atomic E-state index is -0.679. The molecule has 0 aromatic heterocycles. The van der Waals surface area contributed by atoms with Gasteiger partial charge in [-0.1, -0.05) is 53.7 Å². The number of nitrogens with one attached hydrogen (secondary N) is 1. The number of halogens is 1. The van der Waals surface area contributed by atoms with Gasteiger partial charge < -0.3 is 0 Å². The first-order chi connectivity index (χ1) is 12.6. The van der Waals surface area contributed by atoms with E-state index >= 15 is 0 Å². The van der Waals surface area contributed by atoms with E-state index in [4.69, 9.17) is 16.9 Å². The lowest BCUT2D eigenvalue weighted by Gasteiger charge is -2.16. The molecular weight excluding hydrogens is 372 g/mol. The van der Waals surface area contributed by atoms with Crippen molar-refractivity contribution < 1.29 is 9.59 Å². The molecule has 1 saturated heterocycles. The predicted octanol–water partition coefficient (Wildman–Crippen LogP) is 3.46. The van der Waals surface area contributed by atoms with Crippen LogP contribution in [0, 0.1) is 11.5 Å². The van der Waals surface area contributed by atoms with Gasteiger partial charge in [-0.2, -0.15) is 5.26 Å². The monoisotopic (exact) mass is 384 g/mol. The van der Waals surface area contributed by atoms with Gasteiger partial charge in [-0.25, -0.2) is 9.89 Å². The maximum atomic E-state index is 12.7. The molecule has 2 aromatic rings. The second-order valence-electron chi connectivity index (χ2n) is 5.32. The lowest BCUT2D eigenvalue weighted by Crippen LogP contribution is -2.32. The van der Waals surface area contributed by atoms with Crippen LogP contribution in [0.2, 0.25) is 5.02 Å². The van der Waals surface area contributed by atoms with Gasteiger partial charge in [-0.05, 0) is 24.3 Å². The van der Waals surface area contributed by atoms with Crippen LogP contribution in [-0.2, 0) is 9.59 Å². The lowest BCUT2D eigenvalue weighted by atomic mass is 10.3. The molecule has 130 valence electrons. The molecular formula is C18H13ClN4O2S. The lowest BCUT2D eigenvalue weighted by molar-refractivity contribution is -0.121. The number of carbonyl (C=O) groups is 2. The number of benzene rings is 2. The molecule has 3 rings (SSSR count). The molecule has 1 heterocycles. The molecule has 1 fully saturated rings. The van der Waals surface area contributed by atoms with E-state index in [0.29, 0.717) is 16.4 Å². The Balaban J connectivity index is 1.82. The van der Waals surface area contributed by atoms with Crippen LogP contribution in [-0.4, -0.2) is 22.2 Å². The van der Waals surface area contributed by atoms with Crippen LogP contribution >= 0.6 is 23.4 Å². The van der Waals surface area contributed by atoms with Crippen LogP contribution in [0.4, 0.5) is 11.4 Å². The smallest absolute Gasteiger partial charge is 0.247 e. The topological polar surface area (TPSA) is 85.6 Å². The third-order valence-corrected chi connectivity index (χ3v) is 4.99. The minimum absolute atomic E-state index is 0.00956. The van der Waals surface area contributed by atoms with Crippen molar-refractivity contribution in [1.29, 1.82) is 5.26 Å². The number of imide groups is 1. The maximum Gasteiger partial charge on any atom is 0.247 e. The number of amides is 2. The molecule has 1 atom stereocenters. The highest BCUT2D eigenvalue weighted by molar-refractivity contribution is 8.15. The van der Waals surface area contributed by atoms with E-state index in [0.717, 1.165) is 16.7 Å². The van der Waals surface area contributed by atoms with Gasteiger partial charge in [0.05, 0.1) is 16.4 Å². The van der Waals surface area contributed by atoms with E-state index in [9.17, 15) is 9.59 Å². The van der Waals surface area contributed by atoms with E-state index in [1.807, 2.05) is 24.4 Å². The van der Waals surface area contributed by atoms with Crippen molar-refractivity contribution in [2.75, 3.05) is 4.90 Å². The summed E-state index contributed by atoms with van der Waals surface area (Å²) in [7, 11) is 0. The third kappa shape index (κ3) is 3.87. The van der Waals surface area contributed by atoms with Crippen molar-refractivity contribution >= 4 is 51.7 Å². The number of hydrogen-bond donors (Lipinski definition) is 1. The first kappa shape index (κ1) is 18.0. The van der Waals surface area contributed by atoms with E-state index in [1.54, 1.807) is 36.4 Å². The summed E-state index contributed by atoms with van der Waals surface area (Å²) in [5, 5.41) is 11.3. The summed E-state index contributed by atoms with van der Waals surface area (Å²) in [5.74, 6) is -0.717. The zero-order valence-electron chi connectivity index (χ0n) is 13.4. The summed E-state index contributed by atoms with van der Waals surface area (Å²) in [6, 6.07) is 15.7. The van der Waals surface area contributed by atoms with Gasteiger partial charge >= 0.3 is 0 Å². The molecule has 1 aliphatic heterocycles. The number of para-hydroxylation sites is 2. The number of rotatable bonds is 3. The fourth-order valence-electron chi connectivity index (χ4n) is 2.47. The second kappa shape index (κ2) is 8.04. The largest absolute Gasteiger partial charge is 0.274 e. The highest BCUT2D eigenvalue weighted by Gasteiger charge is 2.41. The first-order valence-corrected chi connectivity index (χ1v) is 8.92. The van der Waals surface area contributed by atoms with Crippen LogP contribution < -0.4 is 10.2 Å². The summed E-state index contributed by atoms with van der Waals surface area (Å²) < 4.78 is 0. The molecule has 2 aromatic carbocycles. The average molecular weight is 385 g/mol. The van der Waals surface area contributed by atoms with Crippen molar-refractivity contribution in [1.82, 2.24) is 5.32 Å². The van der Waals surface area contributed by atoms with Gasteiger partial charge in [0.2, 0.25) is 11.8 Å². The van der Waals surface area contributed by atoms with Crippen molar-refractivity contribution in [3.05, 3.63) is 59.6 Å². The summed E-state index contributed by atoms with van der Waals surface area (Å²) in [6.45, 7) is 0. The number of thioether (sulfide) groups is 1. The molecule has 0 aliphatic carbocycles. The Kier molecular flexibility index (Phi) is 5.56. The molecule has 0 unspecified atom stereocenters. The summed E-state index contributed by atoms with van der Waals surface area (Å²) >= 11 is 7.16. The Morgan fingerprint density at radius 1 is 1.19 bits per heavy atom. The van der Waals surface area contributed by atoms with Crippen molar-refractivity contribution in [3.8, 4) is 6.19 Å². The molecule has 1 N–H and O–H groups in total. The second-order valence-corrected chi connectivity index (χ2v) is 6.92. The molecule has 0 spiro atoms. The van der Waals surface area contributed by atoms with Crippen molar-refractivity contribution in [3.63, 3.8) is 0 Å². The maximum absolute atomic E-state index is 12.7. The van der Waals surface area contributed by atoms with E-state index in [2.05, 4.69) is 10.3 Å². The molecule has 0 radical (unpaired) electrons. The number of anilines is 1. The molecule has 2 amide bonds. The zero-order chi connectivity index (χ0) is 18.5. The van der Waals surface area contributed by atoms with E-state index in [-0.39, 0.29) is 23.4 Å². The van der Waals surface area contributed by atoms with Gasteiger partial charge in [0, 0.05) is 6.42 Å². The van der Waals surface area contributed by atoms with Gasteiger partial charge in [0.15, 0.2) is 11.4 Å². The SMILES string of the molecule is N#CNC(=Nc1ccccc1)S[C@@H]1CC(=O)N(c2ccccc2Cl)C1=O. The quantitative estimate of drug-likeness (QED) is 0.288. The fourth-order valence-corrected chi connectivity index (χ4v) is 3.65. The summed E-state index contributed by atoms with van der Waals surface area (Å²) in [4.78, 5) is 30.5. The molecule has 26 heavy (non-hydrogen) atoms. The number of aliphatic imine (C=N–C) groups is 1. The van der Waals surface area contributed by atoms with Gasteiger partial charge in [-0.15, -0.1) is 0 Å². The molecule has 6 nitrogen and oxygen atoms in total. The van der Waals surface area contributed by atoms with Crippen LogP contribution in [0.5, 0.6) is 0 Å². The van der Waals surface area contributed by atoms with Gasteiger partial charge in [0.25, 0.3) is 0 Å². The Labute approximate surface area is 159 Å². The normalized spacial score (nSPS) is 17.3. The van der Waals surface area contributed by atoms with E-state index < -0.39 is 5.25 Å². The predicted molar refractivity (Wildman–Crippen MR) is 102 cm³/mol. The third-order valence-electron chi connectivity index (χ3n) is 3.60. The molecule has 8 heteroatoms. The number of nitrogens with zero attached hydrogens (tertiary/aromatic N) is 3. The Morgan fingerprint density at radius 2 is 1.88 bits per heavy atom.